The maximum Gasteiger partial charge on any atom is 0.0407 e. The number of halogens is 1. The van der Waals surface area contributed by atoms with Crippen molar-refractivity contribution in [2.75, 3.05) is 17.6 Å². The summed E-state index contributed by atoms with van der Waals surface area (Å²) in [5, 5.41) is 4.15. The fourth-order valence-corrected chi connectivity index (χ4v) is 2.65. The number of benzene rings is 2. The summed E-state index contributed by atoms with van der Waals surface area (Å²) in [5.41, 5.74) is 2.43. The van der Waals surface area contributed by atoms with Crippen molar-refractivity contribution in [3.8, 4) is 0 Å². The van der Waals surface area contributed by atoms with E-state index in [0.717, 1.165) is 23.0 Å². The maximum atomic E-state index is 5.84. The normalized spacial score (nSPS) is 10.3. The number of nitrogens with one attached hydrogen (secondary N) is 1. The number of anilines is 1. The monoisotopic (exact) mass is 277 g/mol. The molecule has 0 aliphatic carbocycles. The molecule has 0 amide bonds. The first-order valence-electron chi connectivity index (χ1n) is 5.93. The molecule has 0 atom stereocenters. The number of hydrogen-bond acceptors (Lipinski definition) is 2. The molecule has 0 saturated carbocycles. The van der Waals surface area contributed by atoms with Gasteiger partial charge in [-0.05, 0) is 43.3 Å². The zero-order chi connectivity index (χ0) is 12.8. The van der Waals surface area contributed by atoms with Crippen molar-refractivity contribution in [2.45, 2.75) is 11.8 Å². The van der Waals surface area contributed by atoms with Crippen molar-refractivity contribution in [1.29, 1.82) is 0 Å². The molecule has 94 valence electrons. The molecule has 1 nitrogen and oxygen atoms in total. The topological polar surface area (TPSA) is 12.0 Å². The molecule has 0 aliphatic rings. The Labute approximate surface area is 118 Å². The molecule has 0 saturated heterocycles. The standard InChI is InChI=1S/C15H16ClNS/c1-12-3-2-4-15(11-12)18-10-9-17-14-7-5-13(16)6-8-14/h2-8,11,17H,9-10H2,1H3. The van der Waals surface area contributed by atoms with Crippen molar-refractivity contribution in [2.24, 2.45) is 0 Å². The lowest BCUT2D eigenvalue weighted by Crippen LogP contribution is -2.03. The maximum absolute atomic E-state index is 5.84. The Hall–Kier alpha value is -1.12. The van der Waals surface area contributed by atoms with E-state index >= 15 is 0 Å². The van der Waals surface area contributed by atoms with Crippen LogP contribution in [0.15, 0.2) is 53.4 Å². The molecule has 0 unspecified atom stereocenters. The summed E-state index contributed by atoms with van der Waals surface area (Å²) in [7, 11) is 0. The van der Waals surface area contributed by atoms with E-state index in [1.54, 1.807) is 0 Å². The second-order valence-electron chi connectivity index (χ2n) is 4.10. The van der Waals surface area contributed by atoms with Crippen LogP contribution in [0.2, 0.25) is 5.02 Å². The van der Waals surface area contributed by atoms with Crippen LogP contribution in [0.3, 0.4) is 0 Å². The first kappa shape index (κ1) is 13.3. The third kappa shape index (κ3) is 4.28. The lowest BCUT2D eigenvalue weighted by Gasteiger charge is -2.06. The fourth-order valence-electron chi connectivity index (χ4n) is 1.64. The predicted molar refractivity (Wildman–Crippen MR) is 81.8 cm³/mol. The molecule has 2 aromatic rings. The van der Waals surface area contributed by atoms with E-state index in [0.29, 0.717) is 0 Å². The highest BCUT2D eigenvalue weighted by atomic mass is 35.5. The van der Waals surface area contributed by atoms with Gasteiger partial charge < -0.3 is 5.32 Å². The zero-order valence-corrected chi connectivity index (χ0v) is 11.9. The molecule has 0 radical (unpaired) electrons. The average Bonchev–Trinajstić information content (AvgIpc) is 2.37. The van der Waals surface area contributed by atoms with E-state index in [1.165, 1.54) is 10.5 Å². The predicted octanol–water partition coefficient (Wildman–Crippen LogP) is 4.85. The van der Waals surface area contributed by atoms with Crippen molar-refractivity contribution in [3.63, 3.8) is 0 Å². The number of rotatable bonds is 5. The van der Waals surface area contributed by atoms with Gasteiger partial charge in [-0.3, -0.25) is 0 Å². The SMILES string of the molecule is Cc1cccc(SCCNc2ccc(Cl)cc2)c1. The van der Waals surface area contributed by atoms with Gasteiger partial charge in [-0.25, -0.2) is 0 Å². The van der Waals surface area contributed by atoms with Crippen molar-refractivity contribution < 1.29 is 0 Å². The van der Waals surface area contributed by atoms with Crippen molar-refractivity contribution >= 4 is 29.1 Å². The van der Waals surface area contributed by atoms with Crippen LogP contribution in [0.1, 0.15) is 5.56 Å². The van der Waals surface area contributed by atoms with Gasteiger partial charge in [0.15, 0.2) is 0 Å². The van der Waals surface area contributed by atoms with E-state index in [-0.39, 0.29) is 0 Å². The van der Waals surface area contributed by atoms with Gasteiger partial charge in [0.05, 0.1) is 0 Å². The first-order chi connectivity index (χ1) is 8.74. The van der Waals surface area contributed by atoms with E-state index < -0.39 is 0 Å². The highest BCUT2D eigenvalue weighted by Crippen LogP contribution is 2.19. The highest BCUT2D eigenvalue weighted by molar-refractivity contribution is 7.99. The molecule has 0 fully saturated rings. The quantitative estimate of drug-likeness (QED) is 0.619. The van der Waals surface area contributed by atoms with Gasteiger partial charge in [0.1, 0.15) is 0 Å². The molecule has 0 aliphatic heterocycles. The van der Waals surface area contributed by atoms with Gasteiger partial charge in [-0.1, -0.05) is 29.3 Å². The van der Waals surface area contributed by atoms with Gasteiger partial charge in [0, 0.05) is 27.9 Å². The summed E-state index contributed by atoms with van der Waals surface area (Å²) < 4.78 is 0. The van der Waals surface area contributed by atoms with Crippen LogP contribution in [0.4, 0.5) is 5.69 Å². The summed E-state index contributed by atoms with van der Waals surface area (Å²) >= 11 is 7.70. The van der Waals surface area contributed by atoms with Crippen LogP contribution in [-0.4, -0.2) is 12.3 Å². The number of thioether (sulfide) groups is 1. The molecule has 18 heavy (non-hydrogen) atoms. The Morgan fingerprint density at radius 3 is 2.61 bits per heavy atom. The summed E-state index contributed by atoms with van der Waals surface area (Å²) in [5.74, 6) is 1.05. The minimum atomic E-state index is 0.773. The van der Waals surface area contributed by atoms with E-state index in [2.05, 4.69) is 36.5 Å². The third-order valence-corrected chi connectivity index (χ3v) is 3.78. The molecular formula is C15H16ClNS. The largest absolute Gasteiger partial charge is 0.384 e. The van der Waals surface area contributed by atoms with E-state index in [4.69, 9.17) is 11.6 Å². The molecule has 0 spiro atoms. The van der Waals surface area contributed by atoms with Crippen molar-refractivity contribution in [3.05, 3.63) is 59.1 Å². The smallest absolute Gasteiger partial charge is 0.0407 e. The van der Waals surface area contributed by atoms with Gasteiger partial charge in [-0.2, -0.15) is 0 Å². The number of aryl methyl sites for hydroxylation is 1. The van der Waals surface area contributed by atoms with Gasteiger partial charge in [0.25, 0.3) is 0 Å². The first-order valence-corrected chi connectivity index (χ1v) is 7.29. The van der Waals surface area contributed by atoms with E-state index in [1.807, 2.05) is 36.0 Å². The zero-order valence-electron chi connectivity index (χ0n) is 10.3. The molecule has 1 N–H and O–H groups in total. The Balaban J connectivity index is 1.74. The van der Waals surface area contributed by atoms with Crippen LogP contribution >= 0.6 is 23.4 Å². The van der Waals surface area contributed by atoms with Gasteiger partial charge in [0.2, 0.25) is 0 Å². The molecular weight excluding hydrogens is 262 g/mol. The van der Waals surface area contributed by atoms with Crippen LogP contribution < -0.4 is 5.32 Å². The third-order valence-electron chi connectivity index (χ3n) is 2.53. The lowest BCUT2D eigenvalue weighted by molar-refractivity contribution is 1.22. The Morgan fingerprint density at radius 1 is 1.11 bits per heavy atom. The Morgan fingerprint density at radius 2 is 1.89 bits per heavy atom. The minimum Gasteiger partial charge on any atom is -0.384 e. The fraction of sp³-hybridized carbons (Fsp3) is 0.200. The van der Waals surface area contributed by atoms with Crippen LogP contribution in [0, 0.1) is 6.92 Å². The van der Waals surface area contributed by atoms with Crippen molar-refractivity contribution in [1.82, 2.24) is 0 Å². The molecule has 0 aromatic heterocycles. The minimum absolute atomic E-state index is 0.773. The van der Waals surface area contributed by atoms with E-state index in [9.17, 15) is 0 Å². The van der Waals surface area contributed by atoms with Crippen LogP contribution in [0.25, 0.3) is 0 Å². The highest BCUT2D eigenvalue weighted by Gasteiger charge is 1.95. The summed E-state index contributed by atoms with van der Waals surface area (Å²) in [4.78, 5) is 1.33. The summed E-state index contributed by atoms with van der Waals surface area (Å²) in [6.45, 7) is 3.07. The average molecular weight is 278 g/mol. The summed E-state index contributed by atoms with van der Waals surface area (Å²) in [6, 6.07) is 16.4. The Bertz CT molecular complexity index is 496. The van der Waals surface area contributed by atoms with Crippen LogP contribution in [-0.2, 0) is 0 Å². The molecule has 2 rings (SSSR count). The lowest BCUT2D eigenvalue weighted by atomic mass is 10.2. The molecule has 3 heteroatoms. The van der Waals surface area contributed by atoms with Crippen LogP contribution in [0.5, 0.6) is 0 Å². The second kappa shape index (κ2) is 6.72. The van der Waals surface area contributed by atoms with Gasteiger partial charge >= 0.3 is 0 Å². The second-order valence-corrected chi connectivity index (χ2v) is 5.70. The molecule has 0 bridgehead atoms. The summed E-state index contributed by atoms with van der Waals surface area (Å²) in [6.07, 6.45) is 0. The number of hydrogen-bond donors (Lipinski definition) is 1. The Kier molecular flexibility index (Phi) is 4.97. The molecule has 2 aromatic carbocycles. The van der Waals surface area contributed by atoms with Gasteiger partial charge in [-0.15, -0.1) is 11.8 Å². The molecule has 0 heterocycles.